The highest BCUT2D eigenvalue weighted by Crippen LogP contribution is 2.48. The number of amides is 1. The van der Waals surface area contributed by atoms with E-state index in [2.05, 4.69) is 35.3 Å². The van der Waals surface area contributed by atoms with Crippen LogP contribution in [0.1, 0.15) is 37.0 Å². The van der Waals surface area contributed by atoms with Gasteiger partial charge in [-0.15, -0.1) is 0 Å². The number of hydrogen-bond donors (Lipinski definition) is 1. The number of nitrogens with zero attached hydrogens (tertiary/aromatic N) is 3. The summed E-state index contributed by atoms with van der Waals surface area (Å²) in [7, 11) is 0. The molecule has 1 aromatic carbocycles. The maximum Gasteiger partial charge on any atom is 0.225 e. The smallest absolute Gasteiger partial charge is 0.225 e. The molecule has 0 fully saturated rings. The third kappa shape index (κ3) is 2.21. The minimum Gasteiger partial charge on any atom is -0.489 e. The number of ether oxygens (including phenoxy) is 1. The van der Waals surface area contributed by atoms with Gasteiger partial charge in [0.2, 0.25) is 5.91 Å². The van der Waals surface area contributed by atoms with Crippen LogP contribution in [0.25, 0.3) is 10.4 Å². The molecule has 21 heavy (non-hydrogen) atoms. The van der Waals surface area contributed by atoms with Crippen LogP contribution in [0.2, 0.25) is 0 Å². The van der Waals surface area contributed by atoms with Crippen LogP contribution < -0.4 is 10.1 Å². The third-order valence-corrected chi connectivity index (χ3v) is 4.18. The highest BCUT2D eigenvalue weighted by atomic mass is 16.5. The number of rotatable bonds is 2. The lowest BCUT2D eigenvalue weighted by molar-refractivity contribution is -0.117. The van der Waals surface area contributed by atoms with Crippen LogP contribution in [-0.4, -0.2) is 18.6 Å². The lowest BCUT2D eigenvalue weighted by Gasteiger charge is -2.34. The molecule has 0 bridgehead atoms. The molecule has 1 N–H and O–H groups in total. The van der Waals surface area contributed by atoms with Gasteiger partial charge < -0.3 is 10.1 Å². The lowest BCUT2D eigenvalue weighted by Crippen LogP contribution is -2.33. The number of carbonyl (C=O) groups excluding carboxylic acids is 1. The molecule has 0 saturated heterocycles. The number of carbonyl (C=O) groups is 1. The molecular weight excluding hydrogens is 268 g/mol. The third-order valence-electron chi connectivity index (χ3n) is 4.18. The molecule has 6 nitrogen and oxygen atoms in total. The van der Waals surface area contributed by atoms with Crippen molar-refractivity contribution >= 4 is 11.6 Å². The molecule has 0 radical (unpaired) electrons. The molecule has 0 aliphatic carbocycles. The van der Waals surface area contributed by atoms with Crippen molar-refractivity contribution in [2.45, 2.75) is 45.1 Å². The van der Waals surface area contributed by atoms with E-state index in [1.165, 1.54) is 0 Å². The van der Waals surface area contributed by atoms with Gasteiger partial charge in [0.05, 0.1) is 12.2 Å². The summed E-state index contributed by atoms with van der Waals surface area (Å²) >= 11 is 0. The predicted octanol–water partition coefficient (Wildman–Crippen LogP) is 3.23. The van der Waals surface area contributed by atoms with E-state index in [9.17, 15) is 4.79 Å². The van der Waals surface area contributed by atoms with Crippen molar-refractivity contribution in [2.24, 2.45) is 5.11 Å². The summed E-state index contributed by atoms with van der Waals surface area (Å²) in [5.74, 6) is 0.901. The van der Waals surface area contributed by atoms with Gasteiger partial charge in [-0.3, -0.25) is 4.79 Å². The molecule has 0 spiro atoms. The number of benzene rings is 1. The Bertz CT molecular complexity index is 675. The Morgan fingerprint density at radius 3 is 3.05 bits per heavy atom. The molecule has 2 aliphatic heterocycles. The van der Waals surface area contributed by atoms with Gasteiger partial charge in [-0.1, -0.05) is 25.0 Å². The van der Waals surface area contributed by atoms with Gasteiger partial charge in [0.15, 0.2) is 0 Å². The average Bonchev–Trinajstić information content (AvgIpc) is 2.77. The van der Waals surface area contributed by atoms with Crippen molar-refractivity contribution in [3.05, 3.63) is 33.2 Å². The number of anilines is 1. The van der Waals surface area contributed by atoms with Gasteiger partial charge in [0, 0.05) is 28.7 Å². The Hall–Kier alpha value is -2.20. The maximum atomic E-state index is 11.9. The van der Waals surface area contributed by atoms with E-state index in [0.29, 0.717) is 13.0 Å². The Kier molecular flexibility index (Phi) is 3.06. The van der Waals surface area contributed by atoms with Crippen LogP contribution in [0.4, 0.5) is 5.69 Å². The van der Waals surface area contributed by atoms with Crippen molar-refractivity contribution in [2.75, 3.05) is 11.9 Å². The topological polar surface area (TPSA) is 87.1 Å². The van der Waals surface area contributed by atoms with Crippen LogP contribution in [0.3, 0.4) is 0 Å². The van der Waals surface area contributed by atoms with E-state index in [-0.39, 0.29) is 17.4 Å². The second-order valence-electron chi connectivity index (χ2n) is 6.40. The number of azide groups is 1. The maximum absolute atomic E-state index is 11.9. The van der Waals surface area contributed by atoms with Crippen molar-refractivity contribution in [3.63, 3.8) is 0 Å². The second-order valence-corrected chi connectivity index (χ2v) is 6.40. The molecular formula is C15H18N4O2. The van der Waals surface area contributed by atoms with Crippen molar-refractivity contribution < 1.29 is 9.53 Å². The first-order valence-corrected chi connectivity index (χ1v) is 7.06. The fraction of sp³-hybridized carbons (Fsp3) is 0.533. The molecule has 3 rings (SSSR count). The summed E-state index contributed by atoms with van der Waals surface area (Å²) in [6, 6.07) is 2.06. The van der Waals surface area contributed by atoms with Crippen LogP contribution in [-0.2, 0) is 16.6 Å². The molecule has 2 heterocycles. The minimum absolute atomic E-state index is 0.0409. The molecule has 1 aromatic rings. The Morgan fingerprint density at radius 2 is 2.33 bits per heavy atom. The lowest BCUT2D eigenvalue weighted by atomic mass is 9.76. The number of aryl methyl sites for hydroxylation is 1. The monoisotopic (exact) mass is 286 g/mol. The van der Waals surface area contributed by atoms with Gasteiger partial charge >= 0.3 is 0 Å². The van der Waals surface area contributed by atoms with Gasteiger partial charge in [-0.25, -0.2) is 0 Å². The summed E-state index contributed by atoms with van der Waals surface area (Å²) in [5, 5.41) is 6.58. The van der Waals surface area contributed by atoms with Crippen LogP contribution >= 0.6 is 0 Å². The molecule has 1 unspecified atom stereocenters. The van der Waals surface area contributed by atoms with Crippen molar-refractivity contribution in [1.29, 1.82) is 0 Å². The summed E-state index contributed by atoms with van der Waals surface area (Å²) in [4.78, 5) is 14.7. The molecule has 2 aliphatic rings. The standard InChI is InChI=1S/C15H18N4O2/c1-8-4-9-5-10(7-17-19-16)21-14(9)12-13(8)18-11(20)6-15(12,2)3/h4,10H,5-7H2,1-3H3,(H,18,20). The average molecular weight is 286 g/mol. The summed E-state index contributed by atoms with van der Waals surface area (Å²) in [6.45, 7) is 6.45. The Balaban J connectivity index is 2.09. The van der Waals surface area contributed by atoms with Crippen molar-refractivity contribution in [1.82, 2.24) is 0 Å². The Morgan fingerprint density at radius 1 is 1.57 bits per heavy atom. The molecule has 1 atom stereocenters. The minimum atomic E-state index is -0.263. The highest BCUT2D eigenvalue weighted by molar-refractivity contribution is 5.97. The van der Waals surface area contributed by atoms with Crippen LogP contribution in [0.5, 0.6) is 5.75 Å². The van der Waals surface area contributed by atoms with E-state index in [0.717, 1.165) is 34.5 Å². The number of fused-ring (bicyclic) bond motifs is 3. The van der Waals surface area contributed by atoms with Crippen LogP contribution in [0.15, 0.2) is 11.2 Å². The fourth-order valence-corrected chi connectivity index (χ4v) is 3.32. The van der Waals surface area contributed by atoms with Crippen molar-refractivity contribution in [3.8, 4) is 5.75 Å². The molecule has 6 heteroatoms. The predicted molar refractivity (Wildman–Crippen MR) is 79.6 cm³/mol. The van der Waals surface area contributed by atoms with Gasteiger partial charge in [0.25, 0.3) is 0 Å². The zero-order chi connectivity index (χ0) is 15.2. The molecule has 110 valence electrons. The van der Waals surface area contributed by atoms with Crippen LogP contribution in [0, 0.1) is 6.92 Å². The first-order valence-electron chi connectivity index (χ1n) is 7.06. The summed E-state index contributed by atoms with van der Waals surface area (Å²) in [6.07, 6.45) is 1.07. The SMILES string of the molecule is Cc1cc2c(c3c1NC(=O)CC3(C)C)OC(CN=[N+]=[N-])C2. The fourth-order valence-electron chi connectivity index (χ4n) is 3.32. The summed E-state index contributed by atoms with van der Waals surface area (Å²) in [5.41, 5.74) is 12.3. The molecule has 1 amide bonds. The first kappa shape index (κ1) is 13.8. The van der Waals surface area contributed by atoms with Gasteiger partial charge in [-0.2, -0.15) is 0 Å². The Labute approximate surface area is 123 Å². The van der Waals surface area contributed by atoms with E-state index in [1.807, 2.05) is 6.92 Å². The van der Waals surface area contributed by atoms with Gasteiger partial charge in [-0.05, 0) is 23.6 Å². The van der Waals surface area contributed by atoms with E-state index in [4.69, 9.17) is 10.3 Å². The highest BCUT2D eigenvalue weighted by Gasteiger charge is 2.39. The largest absolute Gasteiger partial charge is 0.489 e. The van der Waals surface area contributed by atoms with E-state index in [1.54, 1.807) is 0 Å². The van der Waals surface area contributed by atoms with E-state index >= 15 is 0 Å². The number of nitrogens with one attached hydrogen (secondary N) is 1. The summed E-state index contributed by atoms with van der Waals surface area (Å²) < 4.78 is 6.02. The van der Waals surface area contributed by atoms with E-state index < -0.39 is 0 Å². The zero-order valence-electron chi connectivity index (χ0n) is 12.4. The molecule has 0 saturated carbocycles. The number of hydrogen-bond acceptors (Lipinski definition) is 3. The first-order chi connectivity index (χ1) is 9.92. The quantitative estimate of drug-likeness (QED) is 0.514. The second kappa shape index (κ2) is 4.67. The zero-order valence-corrected chi connectivity index (χ0v) is 12.4. The van der Waals surface area contributed by atoms with Gasteiger partial charge in [0.1, 0.15) is 11.9 Å². The molecule has 0 aromatic heterocycles. The normalized spacial score (nSPS) is 21.7.